The number of amides is 1. The zero-order valence-electron chi connectivity index (χ0n) is 10.9. The van der Waals surface area contributed by atoms with Crippen molar-refractivity contribution in [1.82, 2.24) is 10.3 Å². The van der Waals surface area contributed by atoms with Gasteiger partial charge in [0.05, 0.1) is 0 Å². The summed E-state index contributed by atoms with van der Waals surface area (Å²) in [6.07, 6.45) is 3.54. The molecule has 0 aromatic carbocycles. The highest BCUT2D eigenvalue weighted by Crippen LogP contribution is 2.24. The Bertz CT molecular complexity index is 439. The smallest absolute Gasteiger partial charge is 0.222 e. The first kappa shape index (κ1) is 12.7. The topological polar surface area (TPSA) is 71.2 Å². The molecular formula is C13H20N4O. The molecule has 1 aromatic heterocycles. The first-order chi connectivity index (χ1) is 8.61. The Morgan fingerprint density at radius 1 is 1.50 bits per heavy atom. The molecule has 0 unspecified atom stereocenters. The first-order valence-corrected chi connectivity index (χ1v) is 6.30. The van der Waals surface area contributed by atoms with Gasteiger partial charge in [0, 0.05) is 44.0 Å². The van der Waals surface area contributed by atoms with Gasteiger partial charge in [0.1, 0.15) is 5.82 Å². The molecule has 0 spiro atoms. The Balaban J connectivity index is 2.01. The van der Waals surface area contributed by atoms with E-state index in [1.807, 2.05) is 13.0 Å². The highest BCUT2D eigenvalue weighted by molar-refractivity contribution is 5.78. The second kappa shape index (κ2) is 5.25. The summed E-state index contributed by atoms with van der Waals surface area (Å²) >= 11 is 0. The molecule has 5 nitrogen and oxygen atoms in total. The van der Waals surface area contributed by atoms with Gasteiger partial charge in [0.25, 0.3) is 0 Å². The van der Waals surface area contributed by atoms with Crippen LogP contribution in [0.25, 0.3) is 0 Å². The second-order valence-electron chi connectivity index (χ2n) is 4.77. The molecule has 2 rings (SSSR count). The van der Waals surface area contributed by atoms with Crippen LogP contribution in [0.3, 0.4) is 0 Å². The molecule has 0 aliphatic carbocycles. The molecule has 98 valence electrons. The van der Waals surface area contributed by atoms with Gasteiger partial charge in [-0.2, -0.15) is 0 Å². The summed E-state index contributed by atoms with van der Waals surface area (Å²) in [4.78, 5) is 18.1. The molecule has 1 aliphatic rings. The van der Waals surface area contributed by atoms with Gasteiger partial charge in [-0.15, -0.1) is 0 Å². The number of nitrogens with two attached hydrogens (primary N) is 1. The molecule has 3 N–H and O–H groups in total. The Morgan fingerprint density at radius 3 is 2.72 bits per heavy atom. The Morgan fingerprint density at radius 2 is 2.17 bits per heavy atom. The number of carbonyl (C=O) groups is 1. The molecule has 5 heteroatoms. The van der Waals surface area contributed by atoms with E-state index in [-0.39, 0.29) is 11.8 Å². The van der Waals surface area contributed by atoms with Gasteiger partial charge in [0.15, 0.2) is 0 Å². The van der Waals surface area contributed by atoms with Crippen molar-refractivity contribution in [1.29, 1.82) is 0 Å². The number of aryl methyl sites for hydroxylation is 1. The fraction of sp³-hybridized carbons (Fsp3) is 0.538. The van der Waals surface area contributed by atoms with Crippen LogP contribution in [0.4, 0.5) is 11.5 Å². The van der Waals surface area contributed by atoms with Gasteiger partial charge in [0.2, 0.25) is 5.91 Å². The van der Waals surface area contributed by atoms with Crippen molar-refractivity contribution >= 4 is 17.4 Å². The summed E-state index contributed by atoms with van der Waals surface area (Å²) in [5.74, 6) is 1.19. The summed E-state index contributed by atoms with van der Waals surface area (Å²) in [7, 11) is 1.69. The summed E-state index contributed by atoms with van der Waals surface area (Å²) in [6.45, 7) is 3.66. The second-order valence-corrected chi connectivity index (χ2v) is 4.77. The molecule has 1 aromatic rings. The van der Waals surface area contributed by atoms with Crippen molar-refractivity contribution in [3.05, 3.63) is 17.8 Å². The first-order valence-electron chi connectivity index (χ1n) is 6.30. The van der Waals surface area contributed by atoms with Gasteiger partial charge in [-0.3, -0.25) is 4.79 Å². The van der Waals surface area contributed by atoms with Gasteiger partial charge < -0.3 is 16.0 Å². The standard InChI is InChI=1S/C13H20N4O/c1-9-8-16-12(7-11(9)14)17-5-3-10(4-6-17)13(18)15-2/h7-8,10H,3-6H2,1-2H3,(H2,14,16)(H,15,18). The van der Waals surface area contributed by atoms with Crippen molar-refractivity contribution in [2.75, 3.05) is 30.8 Å². The van der Waals surface area contributed by atoms with Crippen LogP contribution in [-0.4, -0.2) is 31.0 Å². The fourth-order valence-electron chi connectivity index (χ4n) is 2.28. The predicted octanol–water partition coefficient (Wildman–Crippen LogP) is 0.935. The lowest BCUT2D eigenvalue weighted by Gasteiger charge is -2.32. The molecule has 0 radical (unpaired) electrons. The predicted molar refractivity (Wildman–Crippen MR) is 72.4 cm³/mol. The Kier molecular flexibility index (Phi) is 3.69. The minimum Gasteiger partial charge on any atom is -0.398 e. The van der Waals surface area contributed by atoms with Crippen LogP contribution >= 0.6 is 0 Å². The lowest BCUT2D eigenvalue weighted by molar-refractivity contribution is -0.125. The molecular weight excluding hydrogens is 228 g/mol. The minimum absolute atomic E-state index is 0.133. The van der Waals surface area contributed by atoms with Crippen LogP contribution in [0.1, 0.15) is 18.4 Å². The van der Waals surface area contributed by atoms with Crippen LogP contribution in [-0.2, 0) is 4.79 Å². The van der Waals surface area contributed by atoms with E-state index in [1.54, 1.807) is 13.2 Å². The normalized spacial score (nSPS) is 16.7. The fourth-order valence-corrected chi connectivity index (χ4v) is 2.28. The highest BCUT2D eigenvalue weighted by Gasteiger charge is 2.24. The average Bonchev–Trinajstić information content (AvgIpc) is 2.41. The Hall–Kier alpha value is -1.78. The summed E-state index contributed by atoms with van der Waals surface area (Å²) in [5, 5.41) is 2.71. The van der Waals surface area contributed by atoms with Crippen molar-refractivity contribution in [3.8, 4) is 0 Å². The molecule has 2 heterocycles. The van der Waals surface area contributed by atoms with Gasteiger partial charge >= 0.3 is 0 Å². The number of hydrogen-bond donors (Lipinski definition) is 2. The number of aromatic nitrogens is 1. The molecule has 1 fully saturated rings. The van der Waals surface area contributed by atoms with E-state index in [1.165, 1.54) is 0 Å². The number of pyridine rings is 1. The highest BCUT2D eigenvalue weighted by atomic mass is 16.1. The van der Waals surface area contributed by atoms with E-state index in [2.05, 4.69) is 15.2 Å². The zero-order valence-corrected chi connectivity index (χ0v) is 10.9. The van der Waals surface area contributed by atoms with Crippen molar-refractivity contribution in [2.45, 2.75) is 19.8 Å². The van der Waals surface area contributed by atoms with E-state index in [4.69, 9.17) is 5.73 Å². The van der Waals surface area contributed by atoms with Crippen LogP contribution in [0.15, 0.2) is 12.3 Å². The van der Waals surface area contributed by atoms with Crippen LogP contribution in [0, 0.1) is 12.8 Å². The van der Waals surface area contributed by atoms with Gasteiger partial charge in [-0.05, 0) is 25.3 Å². The molecule has 1 aliphatic heterocycles. The molecule has 18 heavy (non-hydrogen) atoms. The quantitative estimate of drug-likeness (QED) is 0.817. The van der Waals surface area contributed by atoms with Gasteiger partial charge in [-0.25, -0.2) is 4.98 Å². The lowest BCUT2D eigenvalue weighted by atomic mass is 9.96. The number of piperidine rings is 1. The molecule has 1 amide bonds. The molecule has 0 atom stereocenters. The third-order valence-electron chi connectivity index (χ3n) is 3.57. The maximum atomic E-state index is 11.5. The average molecular weight is 248 g/mol. The number of hydrogen-bond acceptors (Lipinski definition) is 4. The monoisotopic (exact) mass is 248 g/mol. The lowest BCUT2D eigenvalue weighted by Crippen LogP contribution is -2.39. The van der Waals surface area contributed by atoms with Crippen molar-refractivity contribution in [2.24, 2.45) is 5.92 Å². The van der Waals surface area contributed by atoms with Crippen LogP contribution in [0.5, 0.6) is 0 Å². The molecule has 0 bridgehead atoms. The number of anilines is 2. The zero-order chi connectivity index (χ0) is 13.1. The van der Waals surface area contributed by atoms with Gasteiger partial charge in [-0.1, -0.05) is 0 Å². The number of nitrogen functional groups attached to an aromatic ring is 1. The summed E-state index contributed by atoms with van der Waals surface area (Å²) in [5.41, 5.74) is 7.66. The van der Waals surface area contributed by atoms with E-state index >= 15 is 0 Å². The maximum absolute atomic E-state index is 11.5. The third kappa shape index (κ3) is 2.55. The van der Waals surface area contributed by atoms with Crippen molar-refractivity contribution in [3.63, 3.8) is 0 Å². The summed E-state index contributed by atoms with van der Waals surface area (Å²) < 4.78 is 0. The Labute approximate surface area is 107 Å². The third-order valence-corrected chi connectivity index (χ3v) is 3.57. The SMILES string of the molecule is CNC(=O)C1CCN(c2cc(N)c(C)cn2)CC1. The van der Waals surface area contributed by atoms with E-state index in [0.29, 0.717) is 0 Å². The van der Waals surface area contributed by atoms with E-state index in [9.17, 15) is 4.79 Å². The minimum atomic E-state index is 0.133. The van der Waals surface area contributed by atoms with E-state index in [0.717, 1.165) is 43.0 Å². The summed E-state index contributed by atoms with van der Waals surface area (Å²) in [6, 6.07) is 1.91. The number of carbonyl (C=O) groups excluding carboxylic acids is 1. The van der Waals surface area contributed by atoms with Crippen molar-refractivity contribution < 1.29 is 4.79 Å². The maximum Gasteiger partial charge on any atom is 0.222 e. The number of nitrogens with one attached hydrogen (secondary N) is 1. The molecule has 1 saturated heterocycles. The van der Waals surface area contributed by atoms with Crippen LogP contribution in [0.2, 0.25) is 0 Å². The number of rotatable bonds is 2. The van der Waals surface area contributed by atoms with E-state index < -0.39 is 0 Å². The number of nitrogens with zero attached hydrogens (tertiary/aromatic N) is 2. The largest absolute Gasteiger partial charge is 0.398 e. The molecule has 0 saturated carbocycles. The van der Waals surface area contributed by atoms with Crippen LogP contribution < -0.4 is 16.0 Å².